The van der Waals surface area contributed by atoms with Gasteiger partial charge in [0.2, 0.25) is 0 Å². The summed E-state index contributed by atoms with van der Waals surface area (Å²) in [6.07, 6.45) is 0. The zero-order chi connectivity index (χ0) is 17.4. The number of nitrogens with zero attached hydrogens (tertiary/aromatic N) is 1. The molecule has 0 radical (unpaired) electrons. The van der Waals surface area contributed by atoms with Gasteiger partial charge in [-0.3, -0.25) is 4.79 Å². The minimum atomic E-state index is -0.901. The van der Waals surface area contributed by atoms with E-state index in [1.807, 2.05) is 18.2 Å². The molecule has 0 saturated carbocycles. The molecule has 1 N–H and O–H groups in total. The SMILES string of the molecule is N#CC(C(=O)OCC(=O)CO)=C(c1ccccc1)c1ccccc1. The first kappa shape index (κ1) is 17.1. The highest BCUT2D eigenvalue weighted by atomic mass is 16.5. The van der Waals surface area contributed by atoms with Crippen LogP contribution in [0.15, 0.2) is 66.2 Å². The van der Waals surface area contributed by atoms with Crippen molar-refractivity contribution in [2.24, 2.45) is 0 Å². The number of nitriles is 1. The lowest BCUT2D eigenvalue weighted by molar-refractivity contribution is -0.144. The highest BCUT2D eigenvalue weighted by Crippen LogP contribution is 2.27. The summed E-state index contributed by atoms with van der Waals surface area (Å²) in [5.74, 6) is -1.54. The summed E-state index contributed by atoms with van der Waals surface area (Å²) in [6.45, 7) is -1.29. The standard InChI is InChI=1S/C19H15NO4/c20-11-17(19(23)24-13-16(22)12-21)18(14-7-3-1-4-8-14)15-9-5-2-6-10-15/h1-10,21H,12-13H2. The number of ether oxygens (including phenoxy) is 1. The molecule has 0 saturated heterocycles. The highest BCUT2D eigenvalue weighted by Gasteiger charge is 2.20. The van der Waals surface area contributed by atoms with Gasteiger partial charge in [-0.15, -0.1) is 0 Å². The zero-order valence-corrected chi connectivity index (χ0v) is 12.8. The molecule has 2 aromatic carbocycles. The minimum absolute atomic E-state index is 0.196. The Labute approximate surface area is 139 Å². The largest absolute Gasteiger partial charge is 0.453 e. The van der Waals surface area contributed by atoms with Gasteiger partial charge in [0.1, 0.15) is 18.2 Å². The van der Waals surface area contributed by atoms with Crippen molar-refractivity contribution in [1.82, 2.24) is 0 Å². The van der Waals surface area contributed by atoms with Gasteiger partial charge in [-0.2, -0.15) is 5.26 Å². The van der Waals surface area contributed by atoms with E-state index in [0.29, 0.717) is 16.7 Å². The Morgan fingerprint density at radius 1 is 0.958 bits per heavy atom. The van der Waals surface area contributed by atoms with Crippen LogP contribution in [0.3, 0.4) is 0 Å². The van der Waals surface area contributed by atoms with Crippen molar-refractivity contribution in [3.05, 3.63) is 77.4 Å². The summed E-state index contributed by atoms with van der Waals surface area (Å²) in [5, 5.41) is 18.2. The maximum Gasteiger partial charge on any atom is 0.349 e. The summed E-state index contributed by atoms with van der Waals surface area (Å²) in [4.78, 5) is 23.4. The number of rotatable bonds is 6. The van der Waals surface area contributed by atoms with Crippen LogP contribution in [-0.2, 0) is 14.3 Å². The molecule has 5 heteroatoms. The molecule has 24 heavy (non-hydrogen) atoms. The first-order chi connectivity index (χ1) is 11.7. The topological polar surface area (TPSA) is 87.4 Å². The van der Waals surface area contributed by atoms with E-state index in [4.69, 9.17) is 9.84 Å². The normalized spacial score (nSPS) is 9.67. The fourth-order valence-corrected chi connectivity index (χ4v) is 2.13. The first-order valence-corrected chi connectivity index (χ1v) is 7.22. The van der Waals surface area contributed by atoms with Crippen LogP contribution in [0, 0.1) is 11.3 Å². The van der Waals surface area contributed by atoms with E-state index in [0.717, 1.165) is 0 Å². The van der Waals surface area contributed by atoms with Crippen molar-refractivity contribution in [2.75, 3.05) is 13.2 Å². The highest BCUT2D eigenvalue weighted by molar-refractivity contribution is 6.05. The van der Waals surface area contributed by atoms with Gasteiger partial charge in [0.25, 0.3) is 0 Å². The average Bonchev–Trinajstić information content (AvgIpc) is 2.65. The molecule has 2 aromatic rings. The molecule has 0 aromatic heterocycles. The number of esters is 1. The van der Waals surface area contributed by atoms with E-state index in [9.17, 15) is 14.9 Å². The second-order valence-corrected chi connectivity index (χ2v) is 4.87. The van der Waals surface area contributed by atoms with E-state index in [2.05, 4.69) is 0 Å². The quantitative estimate of drug-likeness (QED) is 0.500. The van der Waals surface area contributed by atoms with E-state index in [1.54, 1.807) is 48.5 Å². The van der Waals surface area contributed by atoms with E-state index in [-0.39, 0.29) is 5.57 Å². The predicted molar refractivity (Wildman–Crippen MR) is 87.6 cm³/mol. The lowest BCUT2D eigenvalue weighted by Gasteiger charge is -2.11. The average molecular weight is 321 g/mol. The Morgan fingerprint density at radius 2 is 1.46 bits per heavy atom. The van der Waals surface area contributed by atoms with Crippen molar-refractivity contribution in [3.63, 3.8) is 0 Å². The molecule has 0 unspecified atom stereocenters. The van der Waals surface area contributed by atoms with Gasteiger partial charge in [0.15, 0.2) is 12.4 Å². The summed E-state index contributed by atoms with van der Waals surface area (Å²) >= 11 is 0. The van der Waals surface area contributed by atoms with Crippen LogP contribution < -0.4 is 0 Å². The van der Waals surface area contributed by atoms with Crippen molar-refractivity contribution >= 4 is 17.3 Å². The van der Waals surface area contributed by atoms with Gasteiger partial charge < -0.3 is 9.84 Å². The second kappa shape index (κ2) is 8.42. The Bertz CT molecular complexity index is 748. The number of Topliss-reactive ketones (excluding diaryl/α,β-unsaturated/α-hetero) is 1. The van der Waals surface area contributed by atoms with Crippen molar-refractivity contribution in [3.8, 4) is 6.07 Å². The summed E-state index contributed by atoms with van der Waals surface area (Å²) in [6, 6.07) is 19.9. The molecule has 5 nitrogen and oxygen atoms in total. The fourth-order valence-electron chi connectivity index (χ4n) is 2.13. The maximum absolute atomic E-state index is 12.2. The molecule has 0 aliphatic carbocycles. The van der Waals surface area contributed by atoms with Crippen LogP contribution in [0.5, 0.6) is 0 Å². The molecular weight excluding hydrogens is 306 g/mol. The monoisotopic (exact) mass is 321 g/mol. The molecule has 0 bridgehead atoms. The number of hydrogen-bond acceptors (Lipinski definition) is 5. The minimum Gasteiger partial charge on any atom is -0.453 e. The van der Waals surface area contributed by atoms with E-state index in [1.165, 1.54) is 0 Å². The Balaban J connectivity index is 2.50. The molecule has 0 fully saturated rings. The fraction of sp³-hybridized carbons (Fsp3) is 0.105. The lowest BCUT2D eigenvalue weighted by atomic mass is 9.93. The number of benzene rings is 2. The molecule has 0 spiro atoms. The van der Waals surface area contributed by atoms with Crippen LogP contribution in [0.25, 0.3) is 5.57 Å². The molecule has 0 heterocycles. The van der Waals surface area contributed by atoms with E-state index >= 15 is 0 Å². The molecule has 0 atom stereocenters. The van der Waals surface area contributed by atoms with Gasteiger partial charge in [-0.05, 0) is 11.1 Å². The molecule has 2 rings (SSSR count). The number of hydrogen-bond donors (Lipinski definition) is 1. The van der Waals surface area contributed by atoms with Crippen LogP contribution in [0.2, 0.25) is 0 Å². The van der Waals surface area contributed by atoms with Crippen molar-refractivity contribution in [2.45, 2.75) is 0 Å². The first-order valence-electron chi connectivity index (χ1n) is 7.22. The third-order valence-corrected chi connectivity index (χ3v) is 3.23. The number of carbonyl (C=O) groups is 2. The van der Waals surface area contributed by atoms with Crippen LogP contribution in [0.1, 0.15) is 11.1 Å². The molecule has 0 aliphatic rings. The number of aliphatic hydroxyl groups excluding tert-OH is 1. The van der Waals surface area contributed by atoms with Crippen molar-refractivity contribution < 1.29 is 19.4 Å². The Hall–Kier alpha value is -3.23. The lowest BCUT2D eigenvalue weighted by Crippen LogP contribution is -2.18. The molecule has 0 amide bonds. The second-order valence-electron chi connectivity index (χ2n) is 4.87. The van der Waals surface area contributed by atoms with Crippen LogP contribution in [0.4, 0.5) is 0 Å². The van der Waals surface area contributed by atoms with E-state index < -0.39 is 25.0 Å². The Morgan fingerprint density at radius 3 is 1.88 bits per heavy atom. The number of carbonyl (C=O) groups excluding carboxylic acids is 2. The maximum atomic E-state index is 12.2. The van der Waals surface area contributed by atoms with Crippen LogP contribution in [-0.4, -0.2) is 30.1 Å². The third kappa shape index (κ3) is 4.15. The molecule has 120 valence electrons. The molecule has 0 aliphatic heterocycles. The zero-order valence-electron chi connectivity index (χ0n) is 12.8. The summed E-state index contributed by atoms with van der Waals surface area (Å²) in [5.41, 5.74) is 1.61. The summed E-state index contributed by atoms with van der Waals surface area (Å²) < 4.78 is 4.84. The number of ketones is 1. The van der Waals surface area contributed by atoms with Gasteiger partial charge in [-0.25, -0.2) is 4.79 Å². The van der Waals surface area contributed by atoms with Gasteiger partial charge in [0.05, 0.1) is 0 Å². The van der Waals surface area contributed by atoms with Gasteiger partial charge >= 0.3 is 5.97 Å². The van der Waals surface area contributed by atoms with Gasteiger partial charge in [0, 0.05) is 5.57 Å². The van der Waals surface area contributed by atoms with Crippen molar-refractivity contribution in [1.29, 1.82) is 5.26 Å². The molecular formula is C19H15NO4. The van der Waals surface area contributed by atoms with Crippen LogP contribution >= 0.6 is 0 Å². The summed E-state index contributed by atoms with van der Waals surface area (Å²) in [7, 11) is 0. The third-order valence-electron chi connectivity index (χ3n) is 3.23. The Kier molecular flexibility index (Phi) is 6.01. The predicted octanol–water partition coefficient (Wildman–Crippen LogP) is 2.12. The smallest absolute Gasteiger partial charge is 0.349 e. The van der Waals surface area contributed by atoms with Gasteiger partial charge in [-0.1, -0.05) is 60.7 Å². The number of aliphatic hydroxyl groups is 1.